The number of hydrogen-bond acceptors (Lipinski definition) is 4. The summed E-state index contributed by atoms with van der Waals surface area (Å²) in [5.74, 6) is -0.436. The van der Waals surface area contributed by atoms with Crippen molar-refractivity contribution in [3.8, 4) is 0 Å². The summed E-state index contributed by atoms with van der Waals surface area (Å²) in [6.07, 6.45) is -0.0839. The minimum Gasteiger partial charge on any atom is -0.375 e. The summed E-state index contributed by atoms with van der Waals surface area (Å²) in [5.41, 5.74) is 0. The van der Waals surface area contributed by atoms with Crippen molar-refractivity contribution in [3.63, 3.8) is 0 Å². The van der Waals surface area contributed by atoms with Crippen LogP contribution in [0.15, 0.2) is 23.1 Å². The molecule has 0 aromatic heterocycles. The number of carbonyl (C=O) groups excluding carboxylic acids is 1. The summed E-state index contributed by atoms with van der Waals surface area (Å²) in [7, 11) is -3.57. The Hall–Kier alpha value is -0.820. The van der Waals surface area contributed by atoms with E-state index >= 15 is 0 Å². The summed E-state index contributed by atoms with van der Waals surface area (Å²) < 4.78 is 29.9. The third kappa shape index (κ3) is 4.35. The fraction of sp³-hybridized carbons (Fsp3) is 0.500. The fourth-order valence-electron chi connectivity index (χ4n) is 2.21. The van der Waals surface area contributed by atoms with Gasteiger partial charge in [0, 0.05) is 19.5 Å². The number of morpholine rings is 1. The van der Waals surface area contributed by atoms with Crippen LogP contribution in [0.4, 0.5) is 0 Å². The number of hydrogen-bond donors (Lipinski definition) is 0. The molecule has 122 valence electrons. The molecule has 1 aliphatic rings. The Morgan fingerprint density at radius 3 is 2.73 bits per heavy atom. The van der Waals surface area contributed by atoms with E-state index in [1.54, 1.807) is 4.90 Å². The van der Waals surface area contributed by atoms with Crippen molar-refractivity contribution < 1.29 is 17.9 Å². The van der Waals surface area contributed by atoms with Gasteiger partial charge in [-0.05, 0) is 25.1 Å². The molecule has 0 N–H and O–H groups in total. The Morgan fingerprint density at radius 1 is 1.36 bits per heavy atom. The molecule has 0 radical (unpaired) electrons. The van der Waals surface area contributed by atoms with Crippen LogP contribution in [0, 0.1) is 0 Å². The summed E-state index contributed by atoms with van der Waals surface area (Å²) in [6, 6.07) is 4.13. The van der Waals surface area contributed by atoms with Crippen LogP contribution in [0.1, 0.15) is 13.3 Å². The van der Waals surface area contributed by atoms with Gasteiger partial charge >= 0.3 is 0 Å². The molecule has 5 nitrogen and oxygen atoms in total. The van der Waals surface area contributed by atoms with Crippen LogP contribution in [-0.2, 0) is 19.4 Å². The molecule has 0 spiro atoms. The Balaban J connectivity index is 2.00. The highest BCUT2D eigenvalue weighted by atomic mass is 35.5. The van der Waals surface area contributed by atoms with Crippen LogP contribution in [0.2, 0.25) is 10.0 Å². The highest BCUT2D eigenvalue weighted by Gasteiger charge is 2.24. The largest absolute Gasteiger partial charge is 0.375 e. The van der Waals surface area contributed by atoms with Crippen LogP contribution in [0.3, 0.4) is 0 Å². The molecule has 1 aliphatic heterocycles. The van der Waals surface area contributed by atoms with Gasteiger partial charge in [0.2, 0.25) is 5.91 Å². The maximum Gasteiger partial charge on any atom is 0.223 e. The van der Waals surface area contributed by atoms with Gasteiger partial charge in [0.15, 0.2) is 9.84 Å². The van der Waals surface area contributed by atoms with Gasteiger partial charge in [0.05, 0.1) is 33.4 Å². The second-order valence-electron chi connectivity index (χ2n) is 5.17. The predicted octanol–water partition coefficient (Wildman–Crippen LogP) is 2.40. The van der Waals surface area contributed by atoms with E-state index < -0.39 is 9.84 Å². The van der Waals surface area contributed by atoms with Gasteiger partial charge in [-0.15, -0.1) is 0 Å². The first-order valence-electron chi connectivity index (χ1n) is 6.87. The molecule has 1 aromatic carbocycles. The van der Waals surface area contributed by atoms with Gasteiger partial charge in [0.25, 0.3) is 0 Å². The van der Waals surface area contributed by atoms with E-state index in [0.717, 1.165) is 0 Å². The van der Waals surface area contributed by atoms with Gasteiger partial charge < -0.3 is 9.64 Å². The van der Waals surface area contributed by atoms with E-state index in [4.69, 9.17) is 27.9 Å². The van der Waals surface area contributed by atoms with Gasteiger partial charge in [-0.1, -0.05) is 23.2 Å². The molecular formula is C14H17Cl2NO4S. The first-order chi connectivity index (χ1) is 10.3. The van der Waals surface area contributed by atoms with Crippen molar-refractivity contribution in [1.29, 1.82) is 0 Å². The third-order valence-corrected chi connectivity index (χ3v) is 5.88. The number of halogens is 2. The predicted molar refractivity (Wildman–Crippen MR) is 85.1 cm³/mol. The molecule has 22 heavy (non-hydrogen) atoms. The number of sulfone groups is 1. The SMILES string of the molecule is CC1CN(C(=O)CCS(=O)(=O)c2ccc(Cl)c(Cl)c2)CCO1. The maximum absolute atomic E-state index is 12.3. The molecule has 1 heterocycles. The van der Waals surface area contributed by atoms with Crippen molar-refractivity contribution in [1.82, 2.24) is 4.90 Å². The smallest absolute Gasteiger partial charge is 0.223 e. The molecule has 2 rings (SSSR count). The van der Waals surface area contributed by atoms with E-state index in [9.17, 15) is 13.2 Å². The second-order valence-corrected chi connectivity index (χ2v) is 8.09. The highest BCUT2D eigenvalue weighted by Crippen LogP contribution is 2.25. The molecule has 1 fully saturated rings. The summed E-state index contributed by atoms with van der Waals surface area (Å²) in [4.78, 5) is 13.8. The fourth-order valence-corrected chi connectivity index (χ4v) is 3.83. The third-order valence-electron chi connectivity index (χ3n) is 3.43. The molecule has 1 aromatic rings. The second kappa shape index (κ2) is 7.17. The number of nitrogens with zero attached hydrogens (tertiary/aromatic N) is 1. The van der Waals surface area contributed by atoms with Gasteiger partial charge in [-0.3, -0.25) is 4.79 Å². The first-order valence-corrected chi connectivity index (χ1v) is 9.27. The van der Waals surface area contributed by atoms with Crippen molar-refractivity contribution >= 4 is 38.9 Å². The Labute approximate surface area is 140 Å². The monoisotopic (exact) mass is 365 g/mol. The maximum atomic E-state index is 12.3. The molecule has 8 heteroatoms. The van der Waals surface area contributed by atoms with Gasteiger partial charge in [0.1, 0.15) is 0 Å². The summed E-state index contributed by atoms with van der Waals surface area (Å²) in [5, 5.41) is 0.468. The zero-order valence-electron chi connectivity index (χ0n) is 12.1. The van der Waals surface area contributed by atoms with E-state index in [-0.39, 0.29) is 34.1 Å². The van der Waals surface area contributed by atoms with Gasteiger partial charge in [-0.2, -0.15) is 0 Å². The van der Waals surface area contributed by atoms with Crippen molar-refractivity contribution in [2.45, 2.75) is 24.3 Å². The lowest BCUT2D eigenvalue weighted by atomic mass is 10.3. The average Bonchev–Trinajstić information content (AvgIpc) is 2.47. The lowest BCUT2D eigenvalue weighted by Crippen LogP contribution is -2.44. The van der Waals surface area contributed by atoms with Crippen LogP contribution >= 0.6 is 23.2 Å². The number of benzene rings is 1. The zero-order valence-corrected chi connectivity index (χ0v) is 14.4. The van der Waals surface area contributed by atoms with Crippen LogP contribution in [0.25, 0.3) is 0 Å². The van der Waals surface area contributed by atoms with Crippen molar-refractivity contribution in [2.75, 3.05) is 25.4 Å². The molecule has 1 unspecified atom stereocenters. The minimum atomic E-state index is -3.57. The molecule has 1 amide bonds. The zero-order chi connectivity index (χ0) is 16.3. The minimum absolute atomic E-state index is 0.0237. The van der Waals surface area contributed by atoms with Gasteiger partial charge in [-0.25, -0.2) is 8.42 Å². The first kappa shape index (κ1) is 17.5. The highest BCUT2D eigenvalue weighted by molar-refractivity contribution is 7.91. The van der Waals surface area contributed by atoms with Crippen molar-refractivity contribution in [2.24, 2.45) is 0 Å². The molecular weight excluding hydrogens is 349 g/mol. The van der Waals surface area contributed by atoms with E-state index in [2.05, 4.69) is 0 Å². The van der Waals surface area contributed by atoms with Crippen LogP contribution in [-0.4, -0.2) is 50.8 Å². The topological polar surface area (TPSA) is 63.7 Å². The number of rotatable bonds is 4. The number of carbonyl (C=O) groups is 1. The van der Waals surface area contributed by atoms with E-state index in [1.165, 1.54) is 18.2 Å². The lowest BCUT2D eigenvalue weighted by molar-refractivity contribution is -0.137. The Bertz CT molecular complexity index is 663. The summed E-state index contributed by atoms with van der Waals surface area (Å²) in [6.45, 7) is 3.35. The van der Waals surface area contributed by atoms with E-state index in [1.807, 2.05) is 6.92 Å². The number of ether oxygens (including phenoxy) is 1. The standard InChI is InChI=1S/C14H17Cl2NO4S/c1-10-9-17(5-6-21-10)14(18)4-7-22(19,20)11-2-3-12(15)13(16)8-11/h2-3,8,10H,4-7,9H2,1H3. The lowest BCUT2D eigenvalue weighted by Gasteiger charge is -2.31. The normalized spacial score (nSPS) is 19.2. The number of amides is 1. The summed E-state index contributed by atoms with van der Waals surface area (Å²) >= 11 is 11.6. The molecule has 1 saturated heterocycles. The Morgan fingerprint density at radius 2 is 2.09 bits per heavy atom. The quantitative estimate of drug-likeness (QED) is 0.821. The molecule has 0 bridgehead atoms. The van der Waals surface area contributed by atoms with Crippen LogP contribution in [0.5, 0.6) is 0 Å². The van der Waals surface area contributed by atoms with Crippen molar-refractivity contribution in [3.05, 3.63) is 28.2 Å². The molecule has 1 atom stereocenters. The van der Waals surface area contributed by atoms with E-state index in [0.29, 0.717) is 24.7 Å². The molecule has 0 saturated carbocycles. The van der Waals surface area contributed by atoms with Crippen LogP contribution < -0.4 is 0 Å². The average molecular weight is 366 g/mol. The molecule has 0 aliphatic carbocycles. The Kier molecular flexibility index (Phi) is 5.71.